The van der Waals surface area contributed by atoms with Gasteiger partial charge in [0.25, 0.3) is 5.91 Å². The number of hydrogen-bond donors (Lipinski definition) is 1. The van der Waals surface area contributed by atoms with Crippen LogP contribution in [-0.4, -0.2) is 32.6 Å². The number of hydrogen-bond acceptors (Lipinski definition) is 6. The summed E-state index contributed by atoms with van der Waals surface area (Å²) < 4.78 is 7.80. The van der Waals surface area contributed by atoms with Gasteiger partial charge in [-0.1, -0.05) is 105 Å². The topological polar surface area (TPSA) is 81.4 Å². The Labute approximate surface area is 250 Å². The molecular weight excluding hydrogens is 542 g/mol. The lowest BCUT2D eigenvalue weighted by Gasteiger charge is -2.19. The van der Waals surface area contributed by atoms with E-state index >= 15 is 0 Å². The smallest absolute Gasteiger partial charge is 0.250 e. The Morgan fingerprint density at radius 2 is 1.55 bits per heavy atom. The monoisotopic (exact) mass is 575 g/mol. The summed E-state index contributed by atoms with van der Waals surface area (Å²) in [7, 11) is 0. The average molecular weight is 576 g/mol. The number of hydrazone groups is 1. The first kappa shape index (κ1) is 28.8. The van der Waals surface area contributed by atoms with E-state index in [1.54, 1.807) is 6.21 Å². The van der Waals surface area contributed by atoms with Crippen molar-refractivity contribution in [2.75, 3.05) is 5.75 Å². The molecule has 0 spiro atoms. The molecule has 1 amide bonds. The zero-order chi connectivity index (χ0) is 29.4. The molecule has 1 N–H and O–H groups in total. The summed E-state index contributed by atoms with van der Waals surface area (Å²) in [5.74, 6) is 1.39. The number of para-hydroxylation sites is 1. The number of thioether (sulfide) groups is 1. The number of nitrogens with zero attached hydrogens (tertiary/aromatic N) is 4. The summed E-state index contributed by atoms with van der Waals surface area (Å²) >= 11 is 1.31. The van der Waals surface area contributed by atoms with Crippen LogP contribution in [0.1, 0.15) is 37.5 Å². The molecule has 1 heterocycles. The Bertz CT molecular complexity index is 1630. The quantitative estimate of drug-likeness (QED) is 0.110. The van der Waals surface area contributed by atoms with Crippen LogP contribution in [0, 0.1) is 0 Å². The van der Waals surface area contributed by atoms with E-state index in [0.29, 0.717) is 11.8 Å². The zero-order valence-electron chi connectivity index (χ0n) is 23.9. The molecule has 1 aromatic heterocycles. The summed E-state index contributed by atoms with van der Waals surface area (Å²) in [6.45, 7) is 7.08. The summed E-state index contributed by atoms with van der Waals surface area (Å²) in [6.07, 6.45) is 1.61. The maximum atomic E-state index is 12.6. The minimum Gasteiger partial charge on any atom is -0.489 e. The summed E-state index contributed by atoms with van der Waals surface area (Å²) in [6, 6.07) is 35.9. The molecule has 4 aromatic carbocycles. The fourth-order valence-electron chi connectivity index (χ4n) is 4.21. The first-order valence-electron chi connectivity index (χ1n) is 13.7. The third-order valence-electron chi connectivity index (χ3n) is 6.52. The van der Waals surface area contributed by atoms with Gasteiger partial charge in [-0.25, -0.2) is 5.43 Å². The Hall–Kier alpha value is -4.69. The number of rotatable bonds is 10. The third-order valence-corrected chi connectivity index (χ3v) is 7.45. The first-order chi connectivity index (χ1) is 20.4. The number of amides is 1. The molecule has 8 heteroatoms. The molecule has 5 rings (SSSR count). The minimum atomic E-state index is -0.238. The van der Waals surface area contributed by atoms with Crippen molar-refractivity contribution in [2.45, 2.75) is 37.9 Å². The SMILES string of the molecule is CC(C)(C)c1ccc(-c2nnc(SCC(=O)N/N=C\c3ccc(OCc4ccccc4)cc3)n2-c2ccccc2)cc1. The van der Waals surface area contributed by atoms with Gasteiger partial charge in [0.1, 0.15) is 12.4 Å². The van der Waals surface area contributed by atoms with Gasteiger partial charge in [-0.3, -0.25) is 9.36 Å². The van der Waals surface area contributed by atoms with Crippen LogP contribution in [0.4, 0.5) is 0 Å². The lowest BCUT2D eigenvalue weighted by atomic mass is 9.87. The fraction of sp³-hybridized carbons (Fsp3) is 0.176. The molecule has 0 fully saturated rings. The van der Waals surface area contributed by atoms with Gasteiger partial charge in [-0.05, 0) is 58.5 Å². The van der Waals surface area contributed by atoms with E-state index in [9.17, 15) is 4.79 Å². The first-order valence-corrected chi connectivity index (χ1v) is 14.7. The lowest BCUT2D eigenvalue weighted by molar-refractivity contribution is -0.118. The van der Waals surface area contributed by atoms with Gasteiger partial charge in [-0.15, -0.1) is 10.2 Å². The predicted molar refractivity (Wildman–Crippen MR) is 169 cm³/mol. The van der Waals surface area contributed by atoms with Crippen LogP contribution in [0.15, 0.2) is 119 Å². The van der Waals surface area contributed by atoms with Crippen molar-refractivity contribution in [1.82, 2.24) is 20.2 Å². The molecule has 212 valence electrons. The normalized spacial score (nSPS) is 11.5. The van der Waals surface area contributed by atoms with Crippen molar-refractivity contribution in [1.29, 1.82) is 0 Å². The van der Waals surface area contributed by atoms with E-state index in [1.165, 1.54) is 17.3 Å². The number of ether oxygens (including phenoxy) is 1. The maximum Gasteiger partial charge on any atom is 0.250 e. The van der Waals surface area contributed by atoms with Crippen LogP contribution < -0.4 is 10.2 Å². The Balaban J connectivity index is 1.20. The Morgan fingerprint density at radius 3 is 2.21 bits per heavy atom. The highest BCUT2D eigenvalue weighted by Crippen LogP contribution is 2.30. The molecule has 5 aromatic rings. The number of benzene rings is 4. The van der Waals surface area contributed by atoms with Gasteiger partial charge in [0, 0.05) is 11.3 Å². The van der Waals surface area contributed by atoms with Gasteiger partial charge in [-0.2, -0.15) is 5.10 Å². The maximum absolute atomic E-state index is 12.6. The van der Waals surface area contributed by atoms with Gasteiger partial charge in [0.2, 0.25) is 0 Å². The second-order valence-electron chi connectivity index (χ2n) is 10.7. The highest BCUT2D eigenvalue weighted by molar-refractivity contribution is 7.99. The molecule has 42 heavy (non-hydrogen) atoms. The molecule has 0 unspecified atom stereocenters. The molecule has 0 aliphatic carbocycles. The van der Waals surface area contributed by atoms with Gasteiger partial charge >= 0.3 is 0 Å². The van der Waals surface area contributed by atoms with Gasteiger partial charge < -0.3 is 4.74 Å². The predicted octanol–water partition coefficient (Wildman–Crippen LogP) is 7.05. The standard InChI is InChI=1S/C34H33N5O2S/c1-34(2,3)28-18-16-27(17-19-28)32-37-38-33(39(32)29-12-8-5-9-13-29)42-24-31(40)36-35-22-25-14-20-30(21-15-25)41-23-26-10-6-4-7-11-26/h4-22H,23-24H2,1-3H3,(H,36,40)/b35-22-. The van der Waals surface area contributed by atoms with Crippen molar-refractivity contribution in [3.8, 4) is 22.8 Å². The molecule has 0 atom stereocenters. The van der Waals surface area contributed by atoms with Crippen molar-refractivity contribution >= 4 is 23.9 Å². The van der Waals surface area contributed by atoms with Crippen molar-refractivity contribution in [3.05, 3.63) is 126 Å². The van der Waals surface area contributed by atoms with E-state index in [1.807, 2.05) is 89.5 Å². The summed E-state index contributed by atoms with van der Waals surface area (Å²) in [5, 5.41) is 13.7. The van der Waals surface area contributed by atoms with E-state index in [0.717, 1.165) is 34.0 Å². The fourth-order valence-corrected chi connectivity index (χ4v) is 4.96. The highest BCUT2D eigenvalue weighted by Gasteiger charge is 2.19. The molecule has 0 aliphatic heterocycles. The summed E-state index contributed by atoms with van der Waals surface area (Å²) in [5.41, 5.74) is 7.74. The minimum absolute atomic E-state index is 0.0584. The third kappa shape index (κ3) is 7.53. The van der Waals surface area contributed by atoms with E-state index in [4.69, 9.17) is 4.74 Å². The second kappa shape index (κ2) is 13.3. The van der Waals surface area contributed by atoms with Crippen LogP contribution in [0.5, 0.6) is 5.75 Å². The van der Waals surface area contributed by atoms with Crippen molar-refractivity contribution in [2.24, 2.45) is 5.10 Å². The Morgan fingerprint density at radius 1 is 0.881 bits per heavy atom. The number of carbonyl (C=O) groups is 1. The van der Waals surface area contributed by atoms with E-state index < -0.39 is 0 Å². The van der Waals surface area contributed by atoms with Crippen LogP contribution >= 0.6 is 11.8 Å². The second-order valence-corrected chi connectivity index (χ2v) is 11.7. The van der Waals surface area contributed by atoms with E-state index in [2.05, 4.69) is 65.8 Å². The molecule has 0 saturated heterocycles. The van der Waals surface area contributed by atoms with Crippen molar-refractivity contribution in [3.63, 3.8) is 0 Å². The van der Waals surface area contributed by atoms with Gasteiger partial charge in [0.05, 0.1) is 12.0 Å². The molecule has 0 radical (unpaired) electrons. The highest BCUT2D eigenvalue weighted by atomic mass is 32.2. The van der Waals surface area contributed by atoms with E-state index in [-0.39, 0.29) is 17.1 Å². The molecule has 7 nitrogen and oxygen atoms in total. The van der Waals surface area contributed by atoms with Gasteiger partial charge in [0.15, 0.2) is 11.0 Å². The molecule has 0 saturated carbocycles. The number of aromatic nitrogens is 3. The molecular formula is C34H33N5O2S. The lowest BCUT2D eigenvalue weighted by Crippen LogP contribution is -2.20. The Kier molecular flexibility index (Phi) is 9.14. The molecule has 0 bridgehead atoms. The van der Waals surface area contributed by atoms with Crippen LogP contribution in [0.3, 0.4) is 0 Å². The van der Waals surface area contributed by atoms with Crippen LogP contribution in [-0.2, 0) is 16.8 Å². The number of nitrogens with one attached hydrogen (secondary N) is 1. The number of carbonyl (C=O) groups excluding carboxylic acids is 1. The van der Waals surface area contributed by atoms with Crippen LogP contribution in [0.2, 0.25) is 0 Å². The zero-order valence-corrected chi connectivity index (χ0v) is 24.7. The largest absolute Gasteiger partial charge is 0.489 e. The summed E-state index contributed by atoms with van der Waals surface area (Å²) in [4.78, 5) is 12.6. The van der Waals surface area contributed by atoms with Crippen LogP contribution in [0.25, 0.3) is 17.1 Å². The van der Waals surface area contributed by atoms with Crippen molar-refractivity contribution < 1.29 is 9.53 Å². The average Bonchev–Trinajstić information content (AvgIpc) is 3.44. The molecule has 0 aliphatic rings.